The molecule has 2 amide bonds. The van der Waals surface area contributed by atoms with Gasteiger partial charge in [-0.1, -0.05) is 43.7 Å². The van der Waals surface area contributed by atoms with Gasteiger partial charge in [0.15, 0.2) is 0 Å². The molecule has 0 saturated carbocycles. The van der Waals surface area contributed by atoms with Crippen molar-refractivity contribution < 1.29 is 19.5 Å². The minimum absolute atomic E-state index is 0.00370. The Kier molecular flexibility index (Phi) is 6.95. The summed E-state index contributed by atoms with van der Waals surface area (Å²) in [7, 11) is 0. The van der Waals surface area contributed by atoms with Gasteiger partial charge in [0.25, 0.3) is 0 Å². The quantitative estimate of drug-likeness (QED) is 0.348. The van der Waals surface area contributed by atoms with Crippen molar-refractivity contribution in [1.29, 1.82) is 0 Å². The van der Waals surface area contributed by atoms with E-state index in [4.69, 9.17) is 4.74 Å². The van der Waals surface area contributed by atoms with Gasteiger partial charge in [-0.15, -0.1) is 0 Å². The number of rotatable bonds is 9. The van der Waals surface area contributed by atoms with Gasteiger partial charge in [-0.05, 0) is 42.2 Å². The molecule has 2 N–H and O–H groups in total. The second kappa shape index (κ2) is 10.3. The Labute approximate surface area is 209 Å². The van der Waals surface area contributed by atoms with E-state index < -0.39 is 12.1 Å². The second-order valence-corrected chi connectivity index (χ2v) is 9.43. The number of nitrogens with zero attached hydrogens (tertiary/aromatic N) is 3. The first kappa shape index (κ1) is 24.3. The number of ether oxygens (including phenoxy) is 1. The molecule has 0 radical (unpaired) electrons. The van der Waals surface area contributed by atoms with Crippen LogP contribution >= 0.6 is 0 Å². The van der Waals surface area contributed by atoms with Crippen LogP contribution in [-0.4, -0.2) is 64.2 Å². The number of unbranched alkanes of at least 4 members (excludes halogenated alkanes) is 1. The molecular weight excluding hydrogens is 460 g/mol. The smallest absolute Gasteiger partial charge is 0.246 e. The SMILES string of the molecule is CCCCOCCCN1CC(=O)N2C(Cc3c([nH]c4ccccc34)C2c2cccc(N([O-])O)c2)C1=O. The van der Waals surface area contributed by atoms with Crippen molar-refractivity contribution in [3.05, 3.63) is 70.6 Å². The Morgan fingerprint density at radius 3 is 2.75 bits per heavy atom. The summed E-state index contributed by atoms with van der Waals surface area (Å²) in [5.74, 6) is -0.220. The van der Waals surface area contributed by atoms with Crippen LogP contribution in [0.4, 0.5) is 5.69 Å². The lowest BCUT2D eigenvalue weighted by molar-refractivity contribution is -0.158. The topological polar surface area (TPSA) is 112 Å². The van der Waals surface area contributed by atoms with E-state index >= 15 is 0 Å². The lowest BCUT2D eigenvalue weighted by Gasteiger charge is -2.47. The summed E-state index contributed by atoms with van der Waals surface area (Å²) in [6.07, 6.45) is 3.17. The Balaban J connectivity index is 1.49. The van der Waals surface area contributed by atoms with E-state index in [1.54, 1.807) is 21.9 Å². The zero-order valence-corrected chi connectivity index (χ0v) is 20.4. The molecule has 0 bridgehead atoms. The third-order valence-corrected chi connectivity index (χ3v) is 7.11. The fraction of sp³-hybridized carbons (Fsp3) is 0.407. The van der Waals surface area contributed by atoms with Gasteiger partial charge in [0.05, 0.1) is 18.3 Å². The van der Waals surface area contributed by atoms with Crippen molar-refractivity contribution >= 4 is 28.4 Å². The first-order chi connectivity index (χ1) is 17.5. The Morgan fingerprint density at radius 1 is 1.14 bits per heavy atom. The number of carbonyl (C=O) groups excluding carboxylic acids is 2. The summed E-state index contributed by atoms with van der Waals surface area (Å²) in [6.45, 7) is 3.85. The number of hydrogen-bond donors (Lipinski definition) is 2. The number of anilines is 1. The molecule has 3 aromatic rings. The lowest BCUT2D eigenvalue weighted by atomic mass is 9.86. The first-order valence-electron chi connectivity index (χ1n) is 12.5. The molecule has 2 aromatic carbocycles. The van der Waals surface area contributed by atoms with E-state index in [-0.39, 0.29) is 29.3 Å². The van der Waals surface area contributed by atoms with Crippen LogP contribution in [0.15, 0.2) is 48.5 Å². The fourth-order valence-electron chi connectivity index (χ4n) is 5.38. The second-order valence-electron chi connectivity index (χ2n) is 9.43. The van der Waals surface area contributed by atoms with Gasteiger partial charge in [0, 0.05) is 42.8 Å². The van der Waals surface area contributed by atoms with Crippen LogP contribution in [0.5, 0.6) is 0 Å². The fourth-order valence-corrected chi connectivity index (χ4v) is 5.38. The van der Waals surface area contributed by atoms with Gasteiger partial charge in [0.2, 0.25) is 11.8 Å². The zero-order chi connectivity index (χ0) is 25.2. The Morgan fingerprint density at radius 2 is 1.94 bits per heavy atom. The largest absolute Gasteiger partial charge is 0.733 e. The molecule has 9 nitrogen and oxygen atoms in total. The minimum atomic E-state index is -0.648. The van der Waals surface area contributed by atoms with Crippen LogP contribution < -0.4 is 5.23 Å². The number of aromatic amines is 1. The van der Waals surface area contributed by atoms with Gasteiger partial charge in [-0.25, -0.2) is 0 Å². The summed E-state index contributed by atoms with van der Waals surface area (Å²) < 4.78 is 5.64. The molecule has 1 fully saturated rings. The highest BCUT2D eigenvalue weighted by Gasteiger charge is 2.48. The molecule has 36 heavy (non-hydrogen) atoms. The molecule has 9 heteroatoms. The van der Waals surface area contributed by atoms with Crippen LogP contribution in [0.25, 0.3) is 10.9 Å². The van der Waals surface area contributed by atoms with Crippen molar-refractivity contribution in [1.82, 2.24) is 14.8 Å². The number of benzene rings is 2. The van der Waals surface area contributed by atoms with Crippen molar-refractivity contribution in [2.75, 3.05) is 31.5 Å². The predicted octanol–water partition coefficient (Wildman–Crippen LogP) is 3.75. The number of amides is 2. The van der Waals surface area contributed by atoms with Crippen molar-refractivity contribution in [2.45, 2.75) is 44.7 Å². The molecule has 1 aromatic heterocycles. The average Bonchev–Trinajstić information content (AvgIpc) is 3.26. The third kappa shape index (κ3) is 4.45. The number of piperazine rings is 1. The van der Waals surface area contributed by atoms with Gasteiger partial charge < -0.3 is 30.0 Å². The van der Waals surface area contributed by atoms with Crippen LogP contribution in [0, 0.1) is 5.21 Å². The van der Waals surface area contributed by atoms with Gasteiger partial charge in [-0.2, -0.15) is 0 Å². The molecule has 2 aliphatic heterocycles. The highest BCUT2D eigenvalue weighted by atomic mass is 16.8. The maximum Gasteiger partial charge on any atom is 0.246 e. The first-order valence-corrected chi connectivity index (χ1v) is 12.5. The lowest BCUT2D eigenvalue weighted by Crippen LogP contribution is -2.63. The summed E-state index contributed by atoms with van der Waals surface area (Å²) in [4.78, 5) is 34.0. The summed E-state index contributed by atoms with van der Waals surface area (Å²) in [5.41, 5.74) is 3.47. The van der Waals surface area contributed by atoms with E-state index in [0.717, 1.165) is 35.0 Å². The van der Waals surface area contributed by atoms with E-state index in [9.17, 15) is 20.0 Å². The molecule has 3 heterocycles. The molecule has 2 unspecified atom stereocenters. The Bertz CT molecular complexity index is 1260. The molecular formula is C27H31N4O5-. The van der Waals surface area contributed by atoms with Crippen molar-refractivity contribution in [3.63, 3.8) is 0 Å². The van der Waals surface area contributed by atoms with E-state index in [0.29, 0.717) is 38.2 Å². The molecule has 2 atom stereocenters. The number of fused-ring (bicyclic) bond motifs is 4. The van der Waals surface area contributed by atoms with Crippen LogP contribution in [-0.2, 0) is 20.7 Å². The van der Waals surface area contributed by atoms with Crippen LogP contribution in [0.1, 0.15) is 49.0 Å². The predicted molar refractivity (Wildman–Crippen MR) is 135 cm³/mol. The monoisotopic (exact) mass is 491 g/mol. The Hall–Kier alpha value is -3.40. The number of H-pyrrole nitrogens is 1. The van der Waals surface area contributed by atoms with Gasteiger partial charge >= 0.3 is 0 Å². The molecule has 5 rings (SSSR count). The number of nitrogens with one attached hydrogen (secondary N) is 1. The molecule has 0 aliphatic carbocycles. The van der Waals surface area contributed by atoms with Gasteiger partial charge in [-0.3, -0.25) is 14.8 Å². The van der Waals surface area contributed by atoms with E-state index in [1.165, 1.54) is 6.07 Å². The van der Waals surface area contributed by atoms with Crippen LogP contribution in [0.3, 0.4) is 0 Å². The maximum absolute atomic E-state index is 13.7. The normalized spacial score (nSPS) is 19.5. The number of hydrogen-bond acceptors (Lipinski definition) is 6. The van der Waals surface area contributed by atoms with Crippen molar-refractivity contribution in [3.8, 4) is 0 Å². The average molecular weight is 492 g/mol. The molecule has 2 aliphatic rings. The third-order valence-electron chi connectivity index (χ3n) is 7.11. The van der Waals surface area contributed by atoms with Gasteiger partial charge in [0.1, 0.15) is 6.04 Å². The molecule has 0 spiro atoms. The van der Waals surface area contributed by atoms with E-state index in [2.05, 4.69) is 11.9 Å². The summed E-state index contributed by atoms with van der Waals surface area (Å²) >= 11 is 0. The number of aromatic nitrogens is 1. The summed E-state index contributed by atoms with van der Waals surface area (Å²) in [5, 5.41) is 21.9. The van der Waals surface area contributed by atoms with E-state index in [1.807, 2.05) is 30.3 Å². The van der Waals surface area contributed by atoms with Crippen LogP contribution in [0.2, 0.25) is 0 Å². The molecule has 190 valence electrons. The zero-order valence-electron chi connectivity index (χ0n) is 20.4. The number of para-hydroxylation sites is 1. The number of carbonyl (C=O) groups is 2. The maximum atomic E-state index is 13.7. The minimum Gasteiger partial charge on any atom is -0.733 e. The molecule has 1 saturated heterocycles. The summed E-state index contributed by atoms with van der Waals surface area (Å²) in [6, 6.07) is 13.2. The standard InChI is InChI=1S/C27H31N4O5/c1-2-3-13-36-14-7-12-29-17-24(32)30-23(27(29)33)16-21-20-10-4-5-11-22(20)28-25(21)26(30)18-8-6-9-19(15-18)31(34)35/h4-6,8-11,15,23,26,28,34H,2-3,7,12-14,16-17H2,1H3/q-1. The van der Waals surface area contributed by atoms with Crippen molar-refractivity contribution in [2.24, 2.45) is 0 Å². The highest BCUT2D eigenvalue weighted by molar-refractivity contribution is 5.97. The highest BCUT2D eigenvalue weighted by Crippen LogP contribution is 2.43.